The molecule has 4 rings (SSSR count). The van der Waals surface area contributed by atoms with E-state index in [0.29, 0.717) is 13.0 Å². The Bertz CT molecular complexity index is 1110. The molecule has 1 aliphatic heterocycles. The van der Waals surface area contributed by atoms with Gasteiger partial charge in [0.15, 0.2) is 0 Å². The summed E-state index contributed by atoms with van der Waals surface area (Å²) in [5.74, 6) is -1.99. The fourth-order valence-electron chi connectivity index (χ4n) is 4.32. The normalized spacial score (nSPS) is 17.5. The summed E-state index contributed by atoms with van der Waals surface area (Å²) in [5, 5.41) is 21.0. The van der Waals surface area contributed by atoms with Crippen molar-refractivity contribution in [2.24, 2.45) is 0 Å². The maximum absolute atomic E-state index is 12.9. The van der Waals surface area contributed by atoms with Gasteiger partial charge >= 0.3 is 12.0 Å². The van der Waals surface area contributed by atoms with Gasteiger partial charge in [-0.05, 0) is 54.1 Å². The molecule has 0 unspecified atom stereocenters. The first-order valence-electron chi connectivity index (χ1n) is 10.7. The standard InChI is InChI=1S/C23H24Cl2N4O4/c24-16-9-13-10-26-8-7-15(13)20(25)19(16)21(30)28-18(22(31)32)11-27-23(33)29-17-6-5-12-3-1-2-4-14(12)17/h1-4,9,17-18,26H,5-8,10-11H2,(H,28,30)(H,31,32)(H2,27,29,33)/t17-,18+/m1/s1. The number of amides is 3. The highest BCUT2D eigenvalue weighted by Gasteiger charge is 2.28. The van der Waals surface area contributed by atoms with Crippen LogP contribution in [0.4, 0.5) is 4.79 Å². The molecule has 1 heterocycles. The van der Waals surface area contributed by atoms with Gasteiger partial charge in [0.25, 0.3) is 5.91 Å². The van der Waals surface area contributed by atoms with E-state index in [4.69, 9.17) is 23.2 Å². The number of rotatable bonds is 6. The molecule has 33 heavy (non-hydrogen) atoms. The molecule has 1 aliphatic carbocycles. The zero-order valence-corrected chi connectivity index (χ0v) is 19.2. The molecule has 2 aliphatic rings. The number of hydrogen-bond acceptors (Lipinski definition) is 4. The second-order valence-corrected chi connectivity index (χ2v) is 8.91. The largest absolute Gasteiger partial charge is 0.480 e. The Hall–Kier alpha value is -2.81. The Labute approximate surface area is 201 Å². The Morgan fingerprint density at radius 1 is 1.15 bits per heavy atom. The van der Waals surface area contributed by atoms with Crippen LogP contribution in [0.25, 0.3) is 0 Å². The van der Waals surface area contributed by atoms with Crippen molar-refractivity contribution in [2.45, 2.75) is 37.9 Å². The van der Waals surface area contributed by atoms with Gasteiger partial charge in [-0.3, -0.25) is 4.79 Å². The highest BCUT2D eigenvalue weighted by atomic mass is 35.5. The number of halogens is 2. The Morgan fingerprint density at radius 3 is 2.73 bits per heavy atom. The summed E-state index contributed by atoms with van der Waals surface area (Å²) in [6.07, 6.45) is 2.28. The zero-order valence-electron chi connectivity index (χ0n) is 17.7. The minimum Gasteiger partial charge on any atom is -0.480 e. The topological polar surface area (TPSA) is 120 Å². The predicted molar refractivity (Wildman–Crippen MR) is 125 cm³/mol. The monoisotopic (exact) mass is 490 g/mol. The molecular weight excluding hydrogens is 467 g/mol. The fraction of sp³-hybridized carbons (Fsp3) is 0.348. The number of urea groups is 1. The number of aryl methyl sites for hydroxylation is 1. The smallest absolute Gasteiger partial charge is 0.328 e. The number of nitrogens with one attached hydrogen (secondary N) is 4. The third kappa shape index (κ3) is 5.08. The van der Waals surface area contributed by atoms with Crippen molar-refractivity contribution < 1.29 is 19.5 Å². The van der Waals surface area contributed by atoms with E-state index >= 15 is 0 Å². The molecule has 2 aromatic carbocycles. The van der Waals surface area contributed by atoms with Crippen molar-refractivity contribution in [3.05, 3.63) is 68.2 Å². The van der Waals surface area contributed by atoms with Crippen molar-refractivity contribution in [2.75, 3.05) is 13.1 Å². The molecule has 0 saturated carbocycles. The molecule has 0 radical (unpaired) electrons. The van der Waals surface area contributed by atoms with Crippen LogP contribution in [0.3, 0.4) is 0 Å². The number of fused-ring (bicyclic) bond motifs is 2. The average Bonchev–Trinajstić information content (AvgIpc) is 3.19. The minimum absolute atomic E-state index is 0.0391. The van der Waals surface area contributed by atoms with E-state index in [1.165, 1.54) is 5.56 Å². The van der Waals surface area contributed by atoms with Crippen molar-refractivity contribution >= 4 is 41.1 Å². The van der Waals surface area contributed by atoms with Crippen LogP contribution < -0.4 is 21.3 Å². The molecule has 8 nitrogen and oxygen atoms in total. The molecule has 0 saturated heterocycles. The van der Waals surface area contributed by atoms with E-state index in [-0.39, 0.29) is 28.2 Å². The molecular formula is C23H24Cl2N4O4. The zero-order chi connectivity index (χ0) is 23.5. The molecule has 2 atom stereocenters. The number of carbonyl (C=O) groups is 3. The van der Waals surface area contributed by atoms with Gasteiger partial charge in [-0.15, -0.1) is 0 Å². The van der Waals surface area contributed by atoms with Gasteiger partial charge in [0.05, 0.1) is 28.2 Å². The van der Waals surface area contributed by atoms with E-state index in [0.717, 1.165) is 36.1 Å². The summed E-state index contributed by atoms with van der Waals surface area (Å²) in [4.78, 5) is 37.0. The predicted octanol–water partition coefficient (Wildman–Crippen LogP) is 2.81. The van der Waals surface area contributed by atoms with Crippen LogP contribution in [0, 0.1) is 0 Å². The summed E-state index contributed by atoms with van der Waals surface area (Å²) in [7, 11) is 0. The molecule has 0 aromatic heterocycles. The Balaban J connectivity index is 1.39. The molecule has 0 bridgehead atoms. The van der Waals surface area contributed by atoms with E-state index in [9.17, 15) is 19.5 Å². The number of carbonyl (C=O) groups excluding carboxylic acids is 2. The number of hydrogen-bond donors (Lipinski definition) is 5. The Morgan fingerprint density at radius 2 is 1.94 bits per heavy atom. The summed E-state index contributed by atoms with van der Waals surface area (Å²) in [5.41, 5.74) is 4.02. The van der Waals surface area contributed by atoms with Crippen LogP contribution in [0.1, 0.15) is 45.1 Å². The highest BCUT2D eigenvalue weighted by molar-refractivity contribution is 6.40. The third-order valence-electron chi connectivity index (χ3n) is 6.01. The van der Waals surface area contributed by atoms with Gasteiger partial charge in [0.2, 0.25) is 0 Å². The molecule has 10 heteroatoms. The van der Waals surface area contributed by atoms with Gasteiger partial charge in [0.1, 0.15) is 6.04 Å². The SMILES string of the molecule is O=C(NC[C@H](NC(=O)c1c(Cl)cc2c(c1Cl)CCNC2)C(=O)O)N[C@@H]1CCc2ccccc21. The number of carboxylic acids is 1. The summed E-state index contributed by atoms with van der Waals surface area (Å²) >= 11 is 12.7. The molecule has 174 valence electrons. The maximum Gasteiger partial charge on any atom is 0.328 e. The molecule has 0 fully saturated rings. The summed E-state index contributed by atoms with van der Waals surface area (Å²) < 4.78 is 0. The molecule has 3 amide bonds. The number of carboxylic acid groups (broad SMARTS) is 1. The molecule has 2 aromatic rings. The first kappa shape index (κ1) is 23.4. The first-order chi connectivity index (χ1) is 15.8. The molecule has 0 spiro atoms. The van der Waals surface area contributed by atoms with Crippen molar-refractivity contribution in [1.82, 2.24) is 21.3 Å². The van der Waals surface area contributed by atoms with E-state index in [1.807, 2.05) is 24.3 Å². The van der Waals surface area contributed by atoms with Crippen molar-refractivity contribution in [3.63, 3.8) is 0 Å². The van der Waals surface area contributed by atoms with Crippen LogP contribution in [-0.4, -0.2) is 42.1 Å². The van der Waals surface area contributed by atoms with E-state index in [2.05, 4.69) is 21.3 Å². The second-order valence-electron chi connectivity index (χ2n) is 8.12. The Kier molecular flexibility index (Phi) is 7.07. The van der Waals surface area contributed by atoms with Crippen molar-refractivity contribution in [3.8, 4) is 0 Å². The lowest BCUT2D eigenvalue weighted by molar-refractivity contribution is -0.139. The van der Waals surface area contributed by atoms with Gasteiger partial charge in [0, 0.05) is 6.54 Å². The summed E-state index contributed by atoms with van der Waals surface area (Å²) in [6, 6.07) is 7.54. The van der Waals surface area contributed by atoms with E-state index < -0.39 is 23.9 Å². The number of aliphatic carboxylic acids is 1. The van der Waals surface area contributed by atoms with E-state index in [1.54, 1.807) is 6.07 Å². The average molecular weight is 491 g/mol. The van der Waals surface area contributed by atoms with Crippen LogP contribution >= 0.6 is 23.2 Å². The number of benzene rings is 2. The second kappa shape index (κ2) is 9.99. The van der Waals surface area contributed by atoms with Crippen LogP contribution in [-0.2, 0) is 24.2 Å². The lowest BCUT2D eigenvalue weighted by atomic mass is 9.97. The fourth-order valence-corrected chi connectivity index (χ4v) is 5.09. The van der Waals surface area contributed by atoms with Gasteiger partial charge in [-0.25, -0.2) is 9.59 Å². The van der Waals surface area contributed by atoms with Crippen LogP contribution in [0.5, 0.6) is 0 Å². The summed E-state index contributed by atoms with van der Waals surface area (Å²) in [6.45, 7) is 1.02. The minimum atomic E-state index is -1.36. The lowest BCUT2D eigenvalue weighted by Crippen LogP contribution is -2.50. The lowest BCUT2D eigenvalue weighted by Gasteiger charge is -2.22. The van der Waals surface area contributed by atoms with Crippen molar-refractivity contribution in [1.29, 1.82) is 0 Å². The third-order valence-corrected chi connectivity index (χ3v) is 6.73. The van der Waals surface area contributed by atoms with Gasteiger partial charge < -0.3 is 26.4 Å². The van der Waals surface area contributed by atoms with Crippen LogP contribution in [0.15, 0.2) is 30.3 Å². The first-order valence-corrected chi connectivity index (χ1v) is 11.5. The van der Waals surface area contributed by atoms with Crippen LogP contribution in [0.2, 0.25) is 10.0 Å². The maximum atomic E-state index is 12.9. The molecule has 5 N–H and O–H groups in total. The highest BCUT2D eigenvalue weighted by Crippen LogP contribution is 2.33. The van der Waals surface area contributed by atoms with Gasteiger partial charge in [-0.1, -0.05) is 47.5 Å². The van der Waals surface area contributed by atoms with Gasteiger partial charge in [-0.2, -0.15) is 0 Å². The quantitative estimate of drug-likeness (QED) is 0.426.